The Balaban J connectivity index is 1.51. The van der Waals surface area contributed by atoms with Gasteiger partial charge in [0.05, 0.1) is 0 Å². The molecule has 2 heterocycles. The first-order chi connectivity index (χ1) is 15.1. The van der Waals surface area contributed by atoms with Crippen LogP contribution >= 0.6 is 0 Å². The third-order valence-electron chi connectivity index (χ3n) is 5.92. The first-order valence-electron chi connectivity index (χ1n) is 10.4. The number of rotatable bonds is 5. The van der Waals surface area contributed by atoms with E-state index < -0.39 is 6.04 Å². The van der Waals surface area contributed by atoms with E-state index in [0.29, 0.717) is 12.1 Å². The molecule has 4 aromatic rings. The highest BCUT2D eigenvalue weighted by atomic mass is 16.2. The quantitative estimate of drug-likeness (QED) is 0.450. The largest absolute Gasteiger partial charge is 0.371 e. The number of ketones is 1. The predicted octanol–water partition coefficient (Wildman–Crippen LogP) is 5.11. The van der Waals surface area contributed by atoms with Crippen LogP contribution in [0, 0.1) is 0 Å². The van der Waals surface area contributed by atoms with Gasteiger partial charge in [-0.15, -0.1) is 0 Å². The number of carbonyl (C=O) groups is 2. The minimum atomic E-state index is -0.524. The maximum atomic E-state index is 13.7. The zero-order valence-corrected chi connectivity index (χ0v) is 17.3. The van der Waals surface area contributed by atoms with E-state index in [1.54, 1.807) is 18.0 Å². The van der Waals surface area contributed by atoms with Gasteiger partial charge >= 0.3 is 0 Å². The van der Waals surface area contributed by atoms with Gasteiger partial charge in [-0.05, 0) is 41.8 Å². The molecule has 3 aromatic carbocycles. The molecule has 0 unspecified atom stereocenters. The normalized spacial score (nSPS) is 13.8. The summed E-state index contributed by atoms with van der Waals surface area (Å²) in [5.41, 5.74) is 5.46. The summed E-state index contributed by atoms with van der Waals surface area (Å²) in [7, 11) is 0. The monoisotopic (exact) mass is 409 g/mol. The number of fused-ring (bicyclic) bond motifs is 2. The standard InChI is InChI=1S/C26H23N3O2/c1-17(30)29-14-13-19-15-20(11-12-24(19)29)28-25(18-7-3-2-4-8-18)26(31)22-16-27-23-10-6-5-9-21(22)23/h2-12,15-16,25,27-28H,13-14H2,1H3/t25-/m0/s1. The van der Waals surface area contributed by atoms with Gasteiger partial charge in [-0.1, -0.05) is 48.5 Å². The lowest BCUT2D eigenvalue weighted by Crippen LogP contribution is -2.25. The summed E-state index contributed by atoms with van der Waals surface area (Å²) in [6.45, 7) is 2.29. The molecular formula is C26H23N3O2. The Morgan fingerprint density at radius 3 is 2.58 bits per heavy atom. The fraction of sp³-hybridized carbons (Fsp3) is 0.154. The lowest BCUT2D eigenvalue weighted by molar-refractivity contribution is -0.116. The van der Waals surface area contributed by atoms with Crippen LogP contribution in [0.5, 0.6) is 0 Å². The number of para-hydroxylation sites is 1. The number of anilines is 2. The molecule has 0 saturated carbocycles. The maximum absolute atomic E-state index is 13.7. The van der Waals surface area contributed by atoms with Crippen LogP contribution in [0.1, 0.15) is 34.5 Å². The molecule has 5 heteroatoms. The van der Waals surface area contributed by atoms with E-state index in [9.17, 15) is 9.59 Å². The number of aromatic nitrogens is 1. The molecule has 5 rings (SSSR count). The van der Waals surface area contributed by atoms with Crippen LogP contribution in [0.3, 0.4) is 0 Å². The van der Waals surface area contributed by atoms with Crippen molar-refractivity contribution in [1.29, 1.82) is 0 Å². The second kappa shape index (κ2) is 7.76. The van der Waals surface area contributed by atoms with Crippen molar-refractivity contribution in [2.45, 2.75) is 19.4 Å². The molecule has 0 bridgehead atoms. The molecule has 1 aliphatic heterocycles. The SMILES string of the molecule is CC(=O)N1CCc2cc(N[C@H](C(=O)c3c[nH]c4ccccc34)c3ccccc3)ccc21. The van der Waals surface area contributed by atoms with E-state index >= 15 is 0 Å². The Hall–Kier alpha value is -3.86. The van der Waals surface area contributed by atoms with Crippen LogP contribution in [0.25, 0.3) is 10.9 Å². The number of nitrogens with one attached hydrogen (secondary N) is 2. The van der Waals surface area contributed by atoms with E-state index in [-0.39, 0.29) is 11.7 Å². The number of Topliss-reactive ketones (excluding diaryl/α,β-unsaturated/α-hetero) is 1. The van der Waals surface area contributed by atoms with Gasteiger partial charge in [0.15, 0.2) is 5.78 Å². The van der Waals surface area contributed by atoms with Gasteiger partial charge in [0, 0.05) is 47.5 Å². The molecule has 0 spiro atoms. The summed E-state index contributed by atoms with van der Waals surface area (Å²) in [6, 6.07) is 23.0. The molecular weight excluding hydrogens is 386 g/mol. The second-order valence-electron chi connectivity index (χ2n) is 7.86. The lowest BCUT2D eigenvalue weighted by Gasteiger charge is -2.20. The van der Waals surface area contributed by atoms with Gasteiger partial charge < -0.3 is 15.2 Å². The highest BCUT2D eigenvalue weighted by Crippen LogP contribution is 2.33. The first kappa shape index (κ1) is 19.1. The Labute approximate surface area is 180 Å². The Bertz CT molecular complexity index is 1280. The summed E-state index contributed by atoms with van der Waals surface area (Å²) >= 11 is 0. The predicted molar refractivity (Wildman–Crippen MR) is 124 cm³/mol. The molecule has 1 aromatic heterocycles. The number of carbonyl (C=O) groups excluding carboxylic acids is 2. The van der Waals surface area contributed by atoms with Gasteiger partial charge in [0.2, 0.25) is 5.91 Å². The third kappa shape index (κ3) is 3.48. The molecule has 154 valence electrons. The van der Waals surface area contributed by atoms with Crippen LogP contribution in [-0.4, -0.2) is 23.2 Å². The number of aromatic amines is 1. The van der Waals surface area contributed by atoms with Crippen LogP contribution < -0.4 is 10.2 Å². The number of hydrogen-bond acceptors (Lipinski definition) is 3. The molecule has 31 heavy (non-hydrogen) atoms. The average molecular weight is 409 g/mol. The van der Waals surface area contributed by atoms with Crippen molar-refractivity contribution >= 4 is 34.0 Å². The van der Waals surface area contributed by atoms with Gasteiger partial charge in [-0.25, -0.2) is 0 Å². The number of hydrogen-bond donors (Lipinski definition) is 2. The number of H-pyrrole nitrogens is 1. The van der Waals surface area contributed by atoms with Crippen molar-refractivity contribution in [1.82, 2.24) is 4.98 Å². The van der Waals surface area contributed by atoms with Gasteiger partial charge in [0.1, 0.15) is 6.04 Å². The fourth-order valence-corrected chi connectivity index (χ4v) is 4.36. The molecule has 1 amide bonds. The van der Waals surface area contributed by atoms with Gasteiger partial charge in [-0.2, -0.15) is 0 Å². The molecule has 0 saturated heterocycles. The summed E-state index contributed by atoms with van der Waals surface area (Å²) in [5.74, 6) is 0.0608. The van der Waals surface area contributed by atoms with E-state index in [4.69, 9.17) is 0 Å². The molecule has 0 fully saturated rings. The first-order valence-corrected chi connectivity index (χ1v) is 10.4. The zero-order valence-electron chi connectivity index (χ0n) is 17.3. The van der Waals surface area contributed by atoms with Crippen LogP contribution in [0.4, 0.5) is 11.4 Å². The van der Waals surface area contributed by atoms with Crippen LogP contribution in [0.2, 0.25) is 0 Å². The van der Waals surface area contributed by atoms with Crippen molar-refractivity contribution in [3.63, 3.8) is 0 Å². The maximum Gasteiger partial charge on any atom is 0.223 e. The van der Waals surface area contributed by atoms with E-state index in [2.05, 4.69) is 16.4 Å². The number of amides is 1. The van der Waals surface area contributed by atoms with E-state index in [0.717, 1.165) is 39.8 Å². The molecule has 0 radical (unpaired) electrons. The Kier molecular flexibility index (Phi) is 4.79. The summed E-state index contributed by atoms with van der Waals surface area (Å²) in [4.78, 5) is 30.5. The van der Waals surface area contributed by atoms with Gasteiger partial charge in [0.25, 0.3) is 0 Å². The third-order valence-corrected chi connectivity index (χ3v) is 5.92. The summed E-state index contributed by atoms with van der Waals surface area (Å²) < 4.78 is 0. The summed E-state index contributed by atoms with van der Waals surface area (Å²) in [5, 5.41) is 4.37. The molecule has 5 nitrogen and oxygen atoms in total. The van der Waals surface area contributed by atoms with Crippen molar-refractivity contribution < 1.29 is 9.59 Å². The summed E-state index contributed by atoms with van der Waals surface area (Å²) in [6.07, 6.45) is 2.61. The number of benzene rings is 3. The van der Waals surface area contributed by atoms with E-state index in [1.165, 1.54) is 0 Å². The Morgan fingerprint density at radius 2 is 1.77 bits per heavy atom. The lowest BCUT2D eigenvalue weighted by atomic mass is 9.96. The van der Waals surface area contributed by atoms with Crippen LogP contribution in [0.15, 0.2) is 79.0 Å². The molecule has 0 aliphatic carbocycles. The van der Waals surface area contributed by atoms with Crippen molar-refractivity contribution in [2.24, 2.45) is 0 Å². The minimum absolute atomic E-state index is 0.00881. The number of nitrogens with zero attached hydrogens (tertiary/aromatic N) is 1. The topological polar surface area (TPSA) is 65.2 Å². The smallest absolute Gasteiger partial charge is 0.223 e. The minimum Gasteiger partial charge on any atom is -0.371 e. The van der Waals surface area contributed by atoms with Gasteiger partial charge in [-0.3, -0.25) is 9.59 Å². The molecule has 2 N–H and O–H groups in total. The van der Waals surface area contributed by atoms with Crippen molar-refractivity contribution in [3.8, 4) is 0 Å². The zero-order chi connectivity index (χ0) is 21.4. The molecule has 1 atom stereocenters. The highest BCUT2D eigenvalue weighted by molar-refractivity contribution is 6.11. The Morgan fingerprint density at radius 1 is 1.00 bits per heavy atom. The van der Waals surface area contributed by atoms with Crippen LogP contribution in [-0.2, 0) is 11.2 Å². The fourth-order valence-electron chi connectivity index (χ4n) is 4.36. The van der Waals surface area contributed by atoms with E-state index in [1.807, 2.05) is 66.7 Å². The van der Waals surface area contributed by atoms with Crippen molar-refractivity contribution in [3.05, 3.63) is 95.7 Å². The second-order valence-corrected chi connectivity index (χ2v) is 7.86. The molecule has 1 aliphatic rings. The average Bonchev–Trinajstić information content (AvgIpc) is 3.42. The van der Waals surface area contributed by atoms with Crippen molar-refractivity contribution in [2.75, 3.05) is 16.8 Å². The highest BCUT2D eigenvalue weighted by Gasteiger charge is 2.26.